The second-order valence-electron chi connectivity index (χ2n) is 16.3. The maximum absolute atomic E-state index is 12.8. The number of carbonyl (C=O) groups excluding carboxylic acids is 3. The predicted molar refractivity (Wildman–Crippen MR) is 274 cm³/mol. The SMILES string of the molecule is CC/C=C\C/C=C\C/C=C\C/C=C\C/C=C\CCCCCC(=O)OCC(COC(=O)CCCCCCC/C=C\CCC)OC(=O)CCCCCC/C=C\C/C=C\C/C=C\C/C=C\CC. The van der Waals surface area contributed by atoms with Gasteiger partial charge in [0.2, 0.25) is 0 Å². The zero-order chi connectivity index (χ0) is 46.5. The molecule has 0 aromatic heterocycles. The fourth-order valence-electron chi connectivity index (χ4n) is 6.40. The van der Waals surface area contributed by atoms with Crippen LogP contribution in [0.25, 0.3) is 0 Å². The van der Waals surface area contributed by atoms with Crippen molar-refractivity contribution in [2.45, 2.75) is 213 Å². The normalized spacial score (nSPS) is 13.1. The van der Waals surface area contributed by atoms with Gasteiger partial charge in [-0.1, -0.05) is 187 Å². The molecule has 0 aromatic rings. The third kappa shape index (κ3) is 48.8. The molecule has 1 unspecified atom stereocenters. The largest absolute Gasteiger partial charge is 0.462 e. The second kappa shape index (κ2) is 51.4. The van der Waals surface area contributed by atoms with Gasteiger partial charge >= 0.3 is 17.9 Å². The summed E-state index contributed by atoms with van der Waals surface area (Å²) in [5.74, 6) is -0.984. The first-order valence-electron chi connectivity index (χ1n) is 25.5. The van der Waals surface area contributed by atoms with E-state index in [1.54, 1.807) is 0 Å². The highest BCUT2D eigenvalue weighted by Gasteiger charge is 2.19. The van der Waals surface area contributed by atoms with E-state index in [9.17, 15) is 14.4 Å². The Morgan fingerprint density at radius 3 is 0.984 bits per heavy atom. The van der Waals surface area contributed by atoms with Crippen molar-refractivity contribution in [3.05, 3.63) is 122 Å². The van der Waals surface area contributed by atoms with E-state index in [-0.39, 0.29) is 37.5 Å². The predicted octanol–water partition coefficient (Wildman–Crippen LogP) is 16.9. The molecule has 0 heterocycles. The van der Waals surface area contributed by atoms with E-state index in [1.807, 2.05) is 0 Å². The van der Waals surface area contributed by atoms with Gasteiger partial charge < -0.3 is 14.2 Å². The van der Waals surface area contributed by atoms with Crippen molar-refractivity contribution in [2.24, 2.45) is 0 Å². The molecule has 0 aliphatic carbocycles. The molecule has 0 spiro atoms. The first-order chi connectivity index (χ1) is 31.5. The minimum absolute atomic E-state index is 0.107. The van der Waals surface area contributed by atoms with Crippen LogP contribution in [0, 0.1) is 0 Å². The molecule has 0 bridgehead atoms. The standard InChI is InChI=1S/C58H92O6/c1-4-7-10-13-16-19-22-24-26-28-29-31-32-34-36-39-42-45-48-51-57(60)63-54-55(53-62-56(59)50-47-44-41-38-21-18-15-12-9-6-3)64-58(61)52-49-46-43-40-37-35-33-30-27-25-23-20-17-14-11-8-5-2/h7-8,10-12,15-17,19-20,24-27,29,31,33-36,55H,4-6,9,13-14,18,21-23,28,30,32,37-54H2,1-3H3/b10-7-,11-8-,15-12-,19-16-,20-17-,26-24-,27-25-,31-29-,35-33-,36-34-. The van der Waals surface area contributed by atoms with Crippen LogP contribution in [0.3, 0.4) is 0 Å². The molecule has 6 nitrogen and oxygen atoms in total. The summed E-state index contributed by atoms with van der Waals surface area (Å²) in [5.41, 5.74) is 0. The van der Waals surface area contributed by atoms with Gasteiger partial charge in [0.05, 0.1) is 0 Å². The zero-order valence-corrected chi connectivity index (χ0v) is 41.0. The van der Waals surface area contributed by atoms with Crippen molar-refractivity contribution < 1.29 is 28.6 Å². The molecule has 0 aliphatic heterocycles. The molecule has 0 amide bonds. The summed E-state index contributed by atoms with van der Waals surface area (Å²) in [7, 11) is 0. The number of hydrogen-bond donors (Lipinski definition) is 0. The van der Waals surface area contributed by atoms with Crippen LogP contribution < -0.4 is 0 Å². The van der Waals surface area contributed by atoms with Crippen LogP contribution in [0.2, 0.25) is 0 Å². The molecule has 0 rings (SSSR count). The van der Waals surface area contributed by atoms with Crippen molar-refractivity contribution in [3.63, 3.8) is 0 Å². The third-order valence-corrected chi connectivity index (χ3v) is 10.2. The van der Waals surface area contributed by atoms with Crippen molar-refractivity contribution in [2.75, 3.05) is 13.2 Å². The van der Waals surface area contributed by atoms with Gasteiger partial charge in [-0.3, -0.25) is 14.4 Å². The van der Waals surface area contributed by atoms with Gasteiger partial charge in [0.25, 0.3) is 0 Å². The molecule has 0 aliphatic rings. The van der Waals surface area contributed by atoms with Crippen LogP contribution in [0.4, 0.5) is 0 Å². The molecule has 64 heavy (non-hydrogen) atoms. The van der Waals surface area contributed by atoms with Crippen LogP contribution in [0.15, 0.2) is 122 Å². The average molecular weight is 885 g/mol. The summed E-state index contributed by atoms with van der Waals surface area (Å²) in [6.07, 6.45) is 70.4. The summed E-state index contributed by atoms with van der Waals surface area (Å²) < 4.78 is 16.7. The lowest BCUT2D eigenvalue weighted by atomic mass is 10.1. The number of esters is 3. The van der Waals surface area contributed by atoms with Gasteiger partial charge in [-0.2, -0.15) is 0 Å². The fourth-order valence-corrected chi connectivity index (χ4v) is 6.40. The number of hydrogen-bond acceptors (Lipinski definition) is 6. The van der Waals surface area contributed by atoms with Gasteiger partial charge in [-0.05, 0) is 122 Å². The summed E-state index contributed by atoms with van der Waals surface area (Å²) in [6.45, 7) is 6.27. The van der Waals surface area contributed by atoms with Crippen molar-refractivity contribution in [1.29, 1.82) is 0 Å². The highest BCUT2D eigenvalue weighted by atomic mass is 16.6. The van der Waals surface area contributed by atoms with Crippen LogP contribution >= 0.6 is 0 Å². The number of unbranched alkanes of at least 4 members (excludes halogenated alkanes) is 13. The molecule has 6 heteroatoms. The lowest BCUT2D eigenvalue weighted by molar-refractivity contribution is -0.167. The van der Waals surface area contributed by atoms with Gasteiger partial charge in [-0.25, -0.2) is 0 Å². The van der Waals surface area contributed by atoms with Crippen molar-refractivity contribution in [3.8, 4) is 0 Å². The van der Waals surface area contributed by atoms with Gasteiger partial charge in [0.15, 0.2) is 6.10 Å². The molecule has 360 valence electrons. The fraction of sp³-hybridized carbons (Fsp3) is 0.603. The summed E-state index contributed by atoms with van der Waals surface area (Å²) in [6, 6.07) is 0. The molecule has 0 saturated heterocycles. The average Bonchev–Trinajstić information content (AvgIpc) is 3.29. The maximum Gasteiger partial charge on any atom is 0.306 e. The van der Waals surface area contributed by atoms with Crippen molar-refractivity contribution in [1.82, 2.24) is 0 Å². The van der Waals surface area contributed by atoms with Crippen LogP contribution in [0.1, 0.15) is 207 Å². The first-order valence-corrected chi connectivity index (χ1v) is 25.5. The van der Waals surface area contributed by atoms with E-state index in [0.717, 1.165) is 154 Å². The van der Waals surface area contributed by atoms with E-state index in [4.69, 9.17) is 14.2 Å². The second-order valence-corrected chi connectivity index (χ2v) is 16.3. The Bertz CT molecular complexity index is 1390. The monoisotopic (exact) mass is 885 g/mol. The summed E-state index contributed by atoms with van der Waals surface area (Å²) in [4.78, 5) is 37.9. The molecular formula is C58H92O6. The van der Waals surface area contributed by atoms with Gasteiger partial charge in [-0.15, -0.1) is 0 Å². The first kappa shape index (κ1) is 59.8. The molecule has 1 atom stereocenters. The molecule has 0 radical (unpaired) electrons. The maximum atomic E-state index is 12.8. The van der Waals surface area contributed by atoms with Crippen LogP contribution in [-0.2, 0) is 28.6 Å². The van der Waals surface area contributed by atoms with Gasteiger partial charge in [0, 0.05) is 19.3 Å². The van der Waals surface area contributed by atoms with E-state index in [0.29, 0.717) is 12.8 Å². The van der Waals surface area contributed by atoms with Gasteiger partial charge in [0.1, 0.15) is 13.2 Å². The number of rotatable bonds is 44. The minimum atomic E-state index is -0.811. The van der Waals surface area contributed by atoms with Crippen LogP contribution in [0.5, 0.6) is 0 Å². The van der Waals surface area contributed by atoms with Crippen LogP contribution in [-0.4, -0.2) is 37.2 Å². The summed E-state index contributed by atoms with van der Waals surface area (Å²) >= 11 is 0. The Hall–Kier alpha value is -4.19. The van der Waals surface area contributed by atoms with E-state index >= 15 is 0 Å². The van der Waals surface area contributed by atoms with E-state index in [1.165, 1.54) is 12.8 Å². The molecule has 0 saturated carbocycles. The molecule has 0 fully saturated rings. The zero-order valence-electron chi connectivity index (χ0n) is 41.0. The number of ether oxygens (including phenoxy) is 3. The van der Waals surface area contributed by atoms with Crippen molar-refractivity contribution >= 4 is 17.9 Å². The topological polar surface area (TPSA) is 78.9 Å². The Kier molecular flexibility index (Phi) is 48.1. The molecule has 0 aromatic carbocycles. The number of allylic oxidation sites excluding steroid dienone is 20. The molecule has 0 N–H and O–H groups in total. The van der Waals surface area contributed by atoms with E-state index < -0.39 is 6.10 Å². The lowest BCUT2D eigenvalue weighted by Gasteiger charge is -2.18. The highest BCUT2D eigenvalue weighted by Crippen LogP contribution is 2.12. The third-order valence-electron chi connectivity index (χ3n) is 10.2. The Labute approximate surface area is 392 Å². The van der Waals surface area contributed by atoms with E-state index in [2.05, 4.69) is 142 Å². The smallest absolute Gasteiger partial charge is 0.306 e. The summed E-state index contributed by atoms with van der Waals surface area (Å²) in [5, 5.41) is 0. The quantitative estimate of drug-likeness (QED) is 0.0262. The minimum Gasteiger partial charge on any atom is -0.462 e. The lowest BCUT2D eigenvalue weighted by Crippen LogP contribution is -2.30. The molecular weight excluding hydrogens is 793 g/mol. The Balaban J connectivity index is 4.49. The highest BCUT2D eigenvalue weighted by molar-refractivity contribution is 5.71. The number of carbonyl (C=O) groups is 3. The Morgan fingerprint density at radius 1 is 0.328 bits per heavy atom. The Morgan fingerprint density at radius 2 is 0.609 bits per heavy atom.